The SMILES string of the molecule is COC(=O)CCCc1cn(CCOCCOCCOCCOCCOCCOCCOCCOCCOCCOCCNC(=O)CCCCC2SCC3NC(=O)NC32)nn1. The topological polar surface area (TPSA) is 220 Å². The molecule has 0 radical (unpaired) electrons. The first-order valence-electron chi connectivity index (χ1n) is 21.2. The summed E-state index contributed by atoms with van der Waals surface area (Å²) in [4.78, 5) is 34.7. The van der Waals surface area contributed by atoms with Gasteiger partial charge in [-0.05, 0) is 25.7 Å². The molecule has 1 aromatic heterocycles. The van der Waals surface area contributed by atoms with Gasteiger partial charge in [-0.1, -0.05) is 11.6 Å². The number of carbonyl (C=O) groups excluding carboxylic acids is 3. The van der Waals surface area contributed by atoms with Gasteiger partial charge in [0.2, 0.25) is 5.91 Å². The second-order valence-electron chi connectivity index (χ2n) is 13.7. The van der Waals surface area contributed by atoms with Crippen LogP contribution in [0.3, 0.4) is 0 Å². The minimum atomic E-state index is -0.220. The highest BCUT2D eigenvalue weighted by Gasteiger charge is 2.42. The van der Waals surface area contributed by atoms with Crippen molar-refractivity contribution in [1.82, 2.24) is 30.9 Å². The number of methoxy groups -OCH3 is 1. The van der Waals surface area contributed by atoms with Crippen LogP contribution >= 0.6 is 11.8 Å². The fourth-order valence-electron chi connectivity index (χ4n) is 5.94. The molecule has 0 saturated carbocycles. The average Bonchev–Trinajstić information content (AvgIpc) is 3.97. The lowest BCUT2D eigenvalue weighted by Gasteiger charge is -2.16. The van der Waals surface area contributed by atoms with Crippen LogP contribution in [0, 0.1) is 0 Å². The highest BCUT2D eigenvalue weighted by Crippen LogP contribution is 2.33. The summed E-state index contributed by atoms with van der Waals surface area (Å²) < 4.78 is 61.5. The Bertz CT molecular complexity index is 1240. The van der Waals surface area contributed by atoms with Crippen LogP contribution in [0.25, 0.3) is 0 Å². The standard InChI is InChI=1S/C39H70N6O14S/c1-49-37(47)8-4-5-33-31-45(44-43-33)10-12-51-14-16-53-18-20-55-22-24-57-26-28-59-30-29-58-27-25-56-23-21-54-19-17-52-15-13-50-11-9-40-36(46)7-3-2-6-35-38-34(32-60-35)41-39(48)42-38/h31,34-35,38H,2-30,32H2,1H3,(H,40,46)(H2,41,42,48). The molecule has 3 atom stereocenters. The molecule has 3 heterocycles. The van der Waals surface area contributed by atoms with Crippen LogP contribution in [0.1, 0.15) is 44.2 Å². The van der Waals surface area contributed by atoms with Gasteiger partial charge in [0, 0.05) is 36.6 Å². The summed E-state index contributed by atoms with van der Waals surface area (Å²) in [7, 11) is 1.38. The van der Waals surface area contributed by atoms with Crippen LogP contribution < -0.4 is 16.0 Å². The normalized spacial score (nSPS) is 17.1. The maximum Gasteiger partial charge on any atom is 0.315 e. The summed E-state index contributed by atoms with van der Waals surface area (Å²) in [5.41, 5.74) is 0.841. The summed E-state index contributed by atoms with van der Waals surface area (Å²) >= 11 is 1.90. The Morgan fingerprint density at radius 3 is 1.70 bits per heavy atom. The van der Waals surface area contributed by atoms with Crippen molar-refractivity contribution in [3.63, 3.8) is 0 Å². The van der Waals surface area contributed by atoms with Crippen molar-refractivity contribution in [3.05, 3.63) is 11.9 Å². The molecule has 2 saturated heterocycles. The molecular weight excluding hydrogens is 809 g/mol. The molecule has 1 aromatic rings. The summed E-state index contributed by atoms with van der Waals surface area (Å²) in [6.07, 6.45) is 6.91. The van der Waals surface area contributed by atoms with E-state index in [1.165, 1.54) is 7.11 Å². The first-order valence-corrected chi connectivity index (χ1v) is 22.3. The number of ether oxygens (including phenoxy) is 11. The maximum atomic E-state index is 12.1. The predicted molar refractivity (Wildman–Crippen MR) is 220 cm³/mol. The van der Waals surface area contributed by atoms with E-state index >= 15 is 0 Å². The van der Waals surface area contributed by atoms with Gasteiger partial charge in [0.25, 0.3) is 0 Å². The predicted octanol–water partition coefficient (Wildman–Crippen LogP) is 0.782. The lowest BCUT2D eigenvalue weighted by Crippen LogP contribution is -2.36. The third kappa shape index (κ3) is 26.6. The van der Waals surface area contributed by atoms with Crippen molar-refractivity contribution in [2.75, 3.05) is 152 Å². The largest absolute Gasteiger partial charge is 0.469 e. The van der Waals surface area contributed by atoms with E-state index in [1.54, 1.807) is 4.68 Å². The molecule has 0 aliphatic carbocycles. The quantitative estimate of drug-likeness (QED) is 0.0470. The van der Waals surface area contributed by atoms with Gasteiger partial charge in [-0.15, -0.1) is 5.10 Å². The molecule has 346 valence electrons. The van der Waals surface area contributed by atoms with Gasteiger partial charge in [0.1, 0.15) is 0 Å². The molecule has 2 aliphatic rings. The number of hydrogen-bond acceptors (Lipinski definition) is 17. The van der Waals surface area contributed by atoms with Crippen molar-refractivity contribution in [2.45, 2.75) is 68.8 Å². The monoisotopic (exact) mass is 878 g/mol. The third-order valence-electron chi connectivity index (χ3n) is 9.09. The van der Waals surface area contributed by atoms with Crippen LogP contribution in [0.2, 0.25) is 0 Å². The number of aromatic nitrogens is 3. The summed E-state index contributed by atoms with van der Waals surface area (Å²) in [5, 5.41) is 17.5. The molecule has 20 nitrogen and oxygen atoms in total. The van der Waals surface area contributed by atoms with Crippen LogP contribution in [0.15, 0.2) is 6.20 Å². The number of aryl methyl sites for hydroxylation is 1. The van der Waals surface area contributed by atoms with E-state index in [0.717, 1.165) is 30.7 Å². The molecule has 60 heavy (non-hydrogen) atoms. The zero-order valence-electron chi connectivity index (χ0n) is 35.5. The Labute approximate surface area is 358 Å². The number of esters is 1. The van der Waals surface area contributed by atoms with Crippen molar-refractivity contribution in [3.8, 4) is 0 Å². The van der Waals surface area contributed by atoms with Gasteiger partial charge in [0.15, 0.2) is 0 Å². The fourth-order valence-corrected chi connectivity index (χ4v) is 7.49. The zero-order chi connectivity index (χ0) is 42.6. The Kier molecular flexibility index (Phi) is 30.9. The molecule has 3 rings (SSSR count). The number of thioether (sulfide) groups is 1. The van der Waals surface area contributed by atoms with E-state index in [1.807, 2.05) is 18.0 Å². The summed E-state index contributed by atoms with van der Waals surface area (Å²) in [5.74, 6) is 0.776. The Morgan fingerprint density at radius 1 is 0.683 bits per heavy atom. The van der Waals surface area contributed by atoms with Crippen molar-refractivity contribution in [2.24, 2.45) is 0 Å². The molecule has 2 aliphatic heterocycles. The molecule has 0 bridgehead atoms. The third-order valence-corrected chi connectivity index (χ3v) is 10.6. The maximum absolute atomic E-state index is 12.1. The van der Waals surface area contributed by atoms with Crippen LogP contribution in [-0.2, 0) is 74.7 Å². The number of nitrogens with one attached hydrogen (secondary N) is 3. The van der Waals surface area contributed by atoms with E-state index in [9.17, 15) is 14.4 Å². The van der Waals surface area contributed by atoms with E-state index in [0.29, 0.717) is 176 Å². The Morgan fingerprint density at radius 2 is 1.18 bits per heavy atom. The van der Waals surface area contributed by atoms with Crippen LogP contribution in [0.4, 0.5) is 4.79 Å². The van der Waals surface area contributed by atoms with Crippen LogP contribution in [-0.4, -0.2) is 202 Å². The number of hydrogen-bond donors (Lipinski definition) is 3. The molecule has 3 unspecified atom stereocenters. The number of rotatable bonds is 42. The lowest BCUT2D eigenvalue weighted by molar-refractivity contribution is -0.140. The van der Waals surface area contributed by atoms with Gasteiger partial charge >= 0.3 is 12.0 Å². The van der Waals surface area contributed by atoms with Gasteiger partial charge in [0.05, 0.1) is 164 Å². The van der Waals surface area contributed by atoms with Gasteiger partial charge in [-0.3, -0.25) is 9.59 Å². The highest BCUT2D eigenvalue weighted by molar-refractivity contribution is 8.00. The summed E-state index contributed by atoms with van der Waals surface area (Å²) in [6, 6.07) is 0.397. The number of nitrogens with zero attached hydrogens (tertiary/aromatic N) is 3. The molecule has 21 heteroatoms. The van der Waals surface area contributed by atoms with E-state index in [-0.39, 0.29) is 30.0 Å². The van der Waals surface area contributed by atoms with Gasteiger partial charge in [-0.25, -0.2) is 9.48 Å². The smallest absolute Gasteiger partial charge is 0.315 e. The fraction of sp³-hybridized carbons (Fsp3) is 0.872. The Hall–Kier alpha value is -2.70. The number of amides is 3. The minimum Gasteiger partial charge on any atom is -0.469 e. The average molecular weight is 879 g/mol. The number of urea groups is 1. The number of carbonyl (C=O) groups is 3. The van der Waals surface area contributed by atoms with E-state index < -0.39 is 0 Å². The lowest BCUT2D eigenvalue weighted by atomic mass is 10.0. The van der Waals surface area contributed by atoms with Crippen molar-refractivity contribution < 1.29 is 66.5 Å². The van der Waals surface area contributed by atoms with Crippen LogP contribution in [0.5, 0.6) is 0 Å². The second-order valence-corrected chi connectivity index (χ2v) is 15.0. The highest BCUT2D eigenvalue weighted by atomic mass is 32.2. The molecule has 3 N–H and O–H groups in total. The van der Waals surface area contributed by atoms with Gasteiger partial charge in [-0.2, -0.15) is 11.8 Å². The van der Waals surface area contributed by atoms with Crippen molar-refractivity contribution >= 4 is 29.7 Å². The minimum absolute atomic E-state index is 0.0397. The first-order chi connectivity index (χ1) is 29.5. The molecule has 0 aromatic carbocycles. The molecular formula is C39H70N6O14S. The second kappa shape index (κ2) is 35.9. The number of fused-ring (bicyclic) bond motifs is 1. The molecule has 2 fully saturated rings. The first kappa shape index (κ1) is 51.6. The molecule has 3 amide bonds. The van der Waals surface area contributed by atoms with E-state index in [4.69, 9.17) is 47.4 Å². The van der Waals surface area contributed by atoms with Gasteiger partial charge < -0.3 is 68.1 Å². The van der Waals surface area contributed by atoms with E-state index in [2.05, 4.69) is 31.0 Å². The van der Waals surface area contributed by atoms with Crippen molar-refractivity contribution in [1.29, 1.82) is 0 Å². The molecule has 0 spiro atoms. The zero-order valence-corrected chi connectivity index (χ0v) is 36.3. The Balaban J connectivity index is 0.902. The summed E-state index contributed by atoms with van der Waals surface area (Å²) in [6.45, 7) is 10.6. The number of unbranched alkanes of at least 4 members (excludes halogenated alkanes) is 1.